The van der Waals surface area contributed by atoms with E-state index in [9.17, 15) is 16.8 Å². The highest BCUT2D eigenvalue weighted by Crippen LogP contribution is 2.22. The molecule has 0 atom stereocenters. The summed E-state index contributed by atoms with van der Waals surface area (Å²) < 4.78 is 52.1. The Morgan fingerprint density at radius 1 is 0.720 bits per heavy atom. The van der Waals surface area contributed by atoms with Gasteiger partial charge in [-0.1, -0.05) is 23.2 Å². The van der Waals surface area contributed by atoms with Crippen LogP contribution in [0.15, 0.2) is 46.2 Å². The SMILES string of the molecule is CS(=O)(=O)c1cc(Cl)cc(COCc2cc(Cl)cc(S(C)(=O)=O)c2)c1. The molecule has 0 aliphatic carbocycles. The summed E-state index contributed by atoms with van der Waals surface area (Å²) in [6.07, 6.45) is 2.20. The number of ether oxygens (including phenoxy) is 1. The van der Waals surface area contributed by atoms with Gasteiger partial charge in [0.25, 0.3) is 0 Å². The van der Waals surface area contributed by atoms with Gasteiger partial charge in [-0.3, -0.25) is 0 Å². The molecular weight excluding hydrogens is 407 g/mol. The van der Waals surface area contributed by atoms with Crippen LogP contribution in [-0.4, -0.2) is 29.3 Å². The zero-order valence-corrected chi connectivity index (χ0v) is 16.6. The lowest BCUT2D eigenvalue weighted by Crippen LogP contribution is -2.01. The van der Waals surface area contributed by atoms with Crippen molar-refractivity contribution >= 4 is 42.9 Å². The summed E-state index contributed by atoms with van der Waals surface area (Å²) in [5, 5.41) is 0.590. The molecular formula is C16H16Cl2O5S2. The molecule has 0 saturated carbocycles. The van der Waals surface area contributed by atoms with Crippen LogP contribution in [0.3, 0.4) is 0 Å². The molecule has 0 amide bonds. The molecule has 2 aromatic rings. The highest BCUT2D eigenvalue weighted by molar-refractivity contribution is 7.91. The van der Waals surface area contributed by atoms with E-state index >= 15 is 0 Å². The Balaban J connectivity index is 2.14. The summed E-state index contributed by atoms with van der Waals surface area (Å²) in [6.45, 7) is 0.230. The van der Waals surface area contributed by atoms with Crippen LogP contribution in [0.25, 0.3) is 0 Å². The van der Waals surface area contributed by atoms with Crippen LogP contribution in [0.2, 0.25) is 10.0 Å². The van der Waals surface area contributed by atoms with Gasteiger partial charge in [0.2, 0.25) is 0 Å². The predicted octanol–water partition coefficient (Wildman–Crippen LogP) is 3.52. The van der Waals surface area contributed by atoms with Gasteiger partial charge in [-0.15, -0.1) is 0 Å². The fourth-order valence-corrected chi connectivity index (χ4v) is 4.18. The van der Waals surface area contributed by atoms with Gasteiger partial charge in [0, 0.05) is 22.6 Å². The maximum atomic E-state index is 11.6. The normalized spacial score (nSPS) is 12.3. The number of benzene rings is 2. The Morgan fingerprint density at radius 2 is 1.08 bits per heavy atom. The highest BCUT2D eigenvalue weighted by atomic mass is 35.5. The van der Waals surface area contributed by atoms with E-state index < -0.39 is 19.7 Å². The molecule has 9 heteroatoms. The first-order chi connectivity index (χ1) is 11.4. The van der Waals surface area contributed by atoms with Crippen molar-refractivity contribution in [2.45, 2.75) is 23.0 Å². The third-order valence-electron chi connectivity index (χ3n) is 3.26. The molecule has 0 aliphatic heterocycles. The molecule has 5 nitrogen and oxygen atoms in total. The summed E-state index contributed by atoms with van der Waals surface area (Å²) in [5.41, 5.74) is 1.19. The molecule has 0 aromatic heterocycles. The molecule has 0 aliphatic rings. The van der Waals surface area contributed by atoms with E-state index in [1.807, 2.05) is 0 Å². The largest absolute Gasteiger partial charge is 0.372 e. The monoisotopic (exact) mass is 422 g/mol. The van der Waals surface area contributed by atoms with Crippen LogP contribution in [0.5, 0.6) is 0 Å². The molecule has 0 fully saturated rings. The zero-order valence-electron chi connectivity index (χ0n) is 13.5. The molecule has 0 N–H and O–H groups in total. The topological polar surface area (TPSA) is 77.5 Å². The van der Waals surface area contributed by atoms with E-state index in [2.05, 4.69) is 0 Å². The van der Waals surface area contributed by atoms with Gasteiger partial charge in [-0.2, -0.15) is 0 Å². The minimum atomic E-state index is -3.38. The fourth-order valence-electron chi connectivity index (χ4n) is 2.12. The number of sulfone groups is 2. The van der Waals surface area contributed by atoms with Crippen LogP contribution in [0, 0.1) is 0 Å². The van der Waals surface area contributed by atoms with Crippen molar-refractivity contribution in [1.82, 2.24) is 0 Å². The van der Waals surface area contributed by atoms with Crippen molar-refractivity contribution in [3.8, 4) is 0 Å². The summed E-state index contributed by atoms with van der Waals surface area (Å²) in [6, 6.07) is 8.93. The average Bonchev–Trinajstić information content (AvgIpc) is 2.44. The van der Waals surface area contributed by atoms with Gasteiger partial charge >= 0.3 is 0 Å². The molecule has 25 heavy (non-hydrogen) atoms. The predicted molar refractivity (Wildman–Crippen MR) is 97.6 cm³/mol. The van der Waals surface area contributed by atoms with Crippen LogP contribution in [0.4, 0.5) is 0 Å². The van der Waals surface area contributed by atoms with Crippen molar-refractivity contribution in [1.29, 1.82) is 0 Å². The Hall–Kier alpha value is -1.12. The Labute approximate surface area is 157 Å². The van der Waals surface area contributed by atoms with E-state index in [-0.39, 0.29) is 23.0 Å². The van der Waals surface area contributed by atoms with Crippen molar-refractivity contribution < 1.29 is 21.6 Å². The van der Waals surface area contributed by atoms with Crippen molar-refractivity contribution in [2.24, 2.45) is 0 Å². The highest BCUT2D eigenvalue weighted by Gasteiger charge is 2.11. The quantitative estimate of drug-likeness (QED) is 0.711. The lowest BCUT2D eigenvalue weighted by Gasteiger charge is -2.09. The molecule has 2 rings (SSSR count). The van der Waals surface area contributed by atoms with Gasteiger partial charge in [0.15, 0.2) is 19.7 Å². The van der Waals surface area contributed by atoms with E-state index in [0.29, 0.717) is 21.2 Å². The second kappa shape index (κ2) is 7.63. The standard InChI is InChI=1S/C16H16Cl2O5S2/c1-24(19,20)15-5-11(3-13(17)7-15)9-23-10-12-4-14(18)8-16(6-12)25(2,21)22/h3-8H,9-10H2,1-2H3. The second-order valence-electron chi connectivity index (χ2n) is 5.63. The third-order valence-corrected chi connectivity index (χ3v) is 5.88. The Bertz CT molecular complexity index is 918. The third kappa shape index (κ3) is 5.97. The molecule has 0 bridgehead atoms. The molecule has 2 aromatic carbocycles. The van der Waals surface area contributed by atoms with Crippen LogP contribution < -0.4 is 0 Å². The van der Waals surface area contributed by atoms with Gasteiger partial charge in [0.1, 0.15) is 0 Å². The molecule has 0 spiro atoms. The zero-order chi connectivity index (χ0) is 18.8. The number of halogens is 2. The number of rotatable bonds is 6. The minimum Gasteiger partial charge on any atom is -0.372 e. The van der Waals surface area contributed by atoms with E-state index in [4.69, 9.17) is 27.9 Å². The van der Waals surface area contributed by atoms with E-state index in [1.165, 1.54) is 24.3 Å². The van der Waals surface area contributed by atoms with E-state index in [0.717, 1.165) is 12.5 Å². The summed E-state index contributed by atoms with van der Waals surface area (Å²) in [4.78, 5) is 0.224. The molecule has 0 heterocycles. The fraction of sp³-hybridized carbons (Fsp3) is 0.250. The first kappa shape index (κ1) is 20.2. The molecule has 0 radical (unpaired) electrons. The lowest BCUT2D eigenvalue weighted by molar-refractivity contribution is 0.107. The average molecular weight is 423 g/mol. The van der Waals surface area contributed by atoms with Gasteiger partial charge < -0.3 is 4.74 Å². The van der Waals surface area contributed by atoms with Gasteiger partial charge in [0.05, 0.1) is 23.0 Å². The minimum absolute atomic E-state index is 0.112. The van der Waals surface area contributed by atoms with E-state index in [1.54, 1.807) is 12.1 Å². The summed E-state index contributed by atoms with van der Waals surface area (Å²) in [7, 11) is -6.75. The van der Waals surface area contributed by atoms with Crippen LogP contribution in [-0.2, 0) is 37.6 Å². The Kier molecular flexibility index (Phi) is 6.17. The maximum absolute atomic E-state index is 11.6. The van der Waals surface area contributed by atoms with Crippen LogP contribution in [0.1, 0.15) is 11.1 Å². The first-order valence-electron chi connectivity index (χ1n) is 7.02. The van der Waals surface area contributed by atoms with Crippen molar-refractivity contribution in [2.75, 3.05) is 12.5 Å². The molecule has 0 saturated heterocycles. The van der Waals surface area contributed by atoms with Gasteiger partial charge in [-0.05, 0) is 47.5 Å². The van der Waals surface area contributed by atoms with Crippen molar-refractivity contribution in [3.63, 3.8) is 0 Å². The second-order valence-corrected chi connectivity index (χ2v) is 10.5. The smallest absolute Gasteiger partial charge is 0.175 e. The maximum Gasteiger partial charge on any atom is 0.175 e. The summed E-state index contributed by atoms with van der Waals surface area (Å²) in [5.74, 6) is 0. The first-order valence-corrected chi connectivity index (χ1v) is 11.6. The summed E-state index contributed by atoms with van der Waals surface area (Å²) >= 11 is 11.9. The Morgan fingerprint density at radius 3 is 1.40 bits per heavy atom. The number of hydrogen-bond acceptors (Lipinski definition) is 5. The van der Waals surface area contributed by atoms with Crippen molar-refractivity contribution in [3.05, 3.63) is 57.6 Å². The lowest BCUT2D eigenvalue weighted by atomic mass is 10.2. The number of hydrogen-bond donors (Lipinski definition) is 0. The van der Waals surface area contributed by atoms with Crippen LogP contribution >= 0.6 is 23.2 Å². The molecule has 0 unspecified atom stereocenters. The van der Waals surface area contributed by atoms with Gasteiger partial charge in [-0.25, -0.2) is 16.8 Å². The molecule has 136 valence electrons.